The standard InChI is InChI=1S/C17H18FNO2/c1-12-6-7-15(16(18)10-12)17(20)19-9-8-13-4-3-5-14(11-13)21-2/h3-7,10-11H,8-9H2,1-2H3,(H,19,20). The van der Waals surface area contributed by atoms with Gasteiger partial charge in [0.05, 0.1) is 12.7 Å². The zero-order chi connectivity index (χ0) is 15.2. The number of hydrogen-bond donors (Lipinski definition) is 1. The van der Waals surface area contributed by atoms with Gasteiger partial charge < -0.3 is 10.1 Å². The van der Waals surface area contributed by atoms with Gasteiger partial charge in [0, 0.05) is 6.54 Å². The van der Waals surface area contributed by atoms with Crippen molar-refractivity contribution in [2.45, 2.75) is 13.3 Å². The average molecular weight is 287 g/mol. The van der Waals surface area contributed by atoms with Gasteiger partial charge in [-0.1, -0.05) is 18.2 Å². The van der Waals surface area contributed by atoms with Gasteiger partial charge in [-0.25, -0.2) is 4.39 Å². The summed E-state index contributed by atoms with van der Waals surface area (Å²) in [5.74, 6) is -0.104. The highest BCUT2D eigenvalue weighted by Crippen LogP contribution is 2.13. The maximum absolute atomic E-state index is 13.7. The lowest BCUT2D eigenvalue weighted by Crippen LogP contribution is -2.26. The van der Waals surface area contributed by atoms with E-state index in [1.165, 1.54) is 12.1 Å². The third-order valence-corrected chi connectivity index (χ3v) is 3.20. The largest absolute Gasteiger partial charge is 0.497 e. The Labute approximate surface area is 123 Å². The molecule has 3 nitrogen and oxygen atoms in total. The SMILES string of the molecule is COc1cccc(CCNC(=O)c2ccc(C)cc2F)c1. The minimum Gasteiger partial charge on any atom is -0.497 e. The first-order chi connectivity index (χ1) is 10.1. The van der Waals surface area contributed by atoms with Crippen molar-refractivity contribution < 1.29 is 13.9 Å². The second kappa shape index (κ2) is 6.88. The number of hydrogen-bond acceptors (Lipinski definition) is 2. The quantitative estimate of drug-likeness (QED) is 0.917. The van der Waals surface area contributed by atoms with Crippen LogP contribution in [0, 0.1) is 12.7 Å². The number of nitrogens with one attached hydrogen (secondary N) is 1. The third-order valence-electron chi connectivity index (χ3n) is 3.20. The van der Waals surface area contributed by atoms with E-state index in [2.05, 4.69) is 5.32 Å². The van der Waals surface area contributed by atoms with Gasteiger partial charge in [0.2, 0.25) is 0 Å². The zero-order valence-corrected chi connectivity index (χ0v) is 12.2. The molecule has 4 heteroatoms. The van der Waals surface area contributed by atoms with E-state index >= 15 is 0 Å². The van der Waals surface area contributed by atoms with Crippen LogP contribution in [0.3, 0.4) is 0 Å². The van der Waals surface area contributed by atoms with Crippen molar-refractivity contribution in [3.05, 3.63) is 65.0 Å². The number of carbonyl (C=O) groups is 1. The summed E-state index contributed by atoms with van der Waals surface area (Å²) in [5, 5.41) is 2.73. The summed E-state index contributed by atoms with van der Waals surface area (Å²) in [4.78, 5) is 11.9. The molecule has 21 heavy (non-hydrogen) atoms. The first-order valence-corrected chi connectivity index (χ1v) is 6.77. The molecule has 0 spiro atoms. The Morgan fingerprint density at radius 1 is 1.24 bits per heavy atom. The van der Waals surface area contributed by atoms with Crippen molar-refractivity contribution in [1.82, 2.24) is 5.32 Å². The van der Waals surface area contributed by atoms with E-state index in [1.54, 1.807) is 20.1 Å². The summed E-state index contributed by atoms with van der Waals surface area (Å²) in [5.41, 5.74) is 1.92. The van der Waals surface area contributed by atoms with Crippen LogP contribution in [0.5, 0.6) is 5.75 Å². The van der Waals surface area contributed by atoms with Gasteiger partial charge in [-0.15, -0.1) is 0 Å². The molecule has 0 bridgehead atoms. The number of ether oxygens (including phenoxy) is 1. The molecule has 2 aromatic rings. The van der Waals surface area contributed by atoms with Crippen LogP contribution in [0.4, 0.5) is 4.39 Å². The second-order valence-electron chi connectivity index (χ2n) is 4.84. The summed E-state index contributed by atoms with van der Waals surface area (Å²) in [6, 6.07) is 12.2. The number of rotatable bonds is 5. The Balaban J connectivity index is 1.92. The van der Waals surface area contributed by atoms with E-state index in [1.807, 2.05) is 24.3 Å². The topological polar surface area (TPSA) is 38.3 Å². The Morgan fingerprint density at radius 3 is 2.76 bits per heavy atom. The fraction of sp³-hybridized carbons (Fsp3) is 0.235. The van der Waals surface area contributed by atoms with E-state index in [0.717, 1.165) is 16.9 Å². The molecular formula is C17H18FNO2. The van der Waals surface area contributed by atoms with Gasteiger partial charge >= 0.3 is 0 Å². The highest BCUT2D eigenvalue weighted by atomic mass is 19.1. The Kier molecular flexibility index (Phi) is 4.93. The van der Waals surface area contributed by atoms with Crippen molar-refractivity contribution in [2.24, 2.45) is 0 Å². The molecule has 0 atom stereocenters. The van der Waals surface area contributed by atoms with Crippen molar-refractivity contribution in [3.8, 4) is 5.75 Å². The smallest absolute Gasteiger partial charge is 0.254 e. The van der Waals surface area contributed by atoms with Gasteiger partial charge in [-0.3, -0.25) is 4.79 Å². The predicted molar refractivity (Wildman–Crippen MR) is 80.2 cm³/mol. The van der Waals surface area contributed by atoms with Crippen LogP contribution in [-0.2, 0) is 6.42 Å². The molecule has 0 aliphatic rings. The van der Waals surface area contributed by atoms with Crippen molar-refractivity contribution in [2.75, 3.05) is 13.7 Å². The average Bonchev–Trinajstić information content (AvgIpc) is 2.47. The monoisotopic (exact) mass is 287 g/mol. The van der Waals surface area contributed by atoms with Crippen LogP contribution in [0.2, 0.25) is 0 Å². The number of aryl methyl sites for hydroxylation is 1. The number of amides is 1. The summed E-state index contributed by atoms with van der Waals surface area (Å²) >= 11 is 0. The third kappa shape index (κ3) is 4.05. The van der Waals surface area contributed by atoms with Crippen LogP contribution in [0.25, 0.3) is 0 Å². The lowest BCUT2D eigenvalue weighted by molar-refractivity contribution is 0.0950. The summed E-state index contributed by atoms with van der Waals surface area (Å²) < 4.78 is 18.8. The number of halogens is 1. The summed E-state index contributed by atoms with van der Waals surface area (Å²) in [6.45, 7) is 2.23. The van der Waals surface area contributed by atoms with E-state index in [9.17, 15) is 9.18 Å². The highest BCUT2D eigenvalue weighted by molar-refractivity contribution is 5.94. The van der Waals surface area contributed by atoms with Crippen molar-refractivity contribution in [1.29, 1.82) is 0 Å². The van der Waals surface area contributed by atoms with Gasteiger partial charge in [-0.05, 0) is 48.7 Å². The van der Waals surface area contributed by atoms with Gasteiger partial charge in [0.1, 0.15) is 11.6 Å². The fourth-order valence-corrected chi connectivity index (χ4v) is 2.05. The predicted octanol–water partition coefficient (Wildman–Crippen LogP) is 3.12. The molecule has 0 saturated carbocycles. The van der Waals surface area contributed by atoms with Crippen LogP contribution in [0.1, 0.15) is 21.5 Å². The van der Waals surface area contributed by atoms with Gasteiger partial charge in [0.15, 0.2) is 0 Å². The Morgan fingerprint density at radius 2 is 2.05 bits per heavy atom. The highest BCUT2D eigenvalue weighted by Gasteiger charge is 2.10. The number of methoxy groups -OCH3 is 1. The molecule has 110 valence electrons. The fourth-order valence-electron chi connectivity index (χ4n) is 2.05. The normalized spacial score (nSPS) is 10.2. The van der Waals surface area contributed by atoms with Gasteiger partial charge in [0.25, 0.3) is 5.91 Å². The molecule has 0 saturated heterocycles. The molecule has 1 amide bonds. The number of benzene rings is 2. The second-order valence-corrected chi connectivity index (χ2v) is 4.84. The van der Waals surface area contributed by atoms with Crippen LogP contribution in [-0.4, -0.2) is 19.6 Å². The zero-order valence-electron chi connectivity index (χ0n) is 12.2. The maximum Gasteiger partial charge on any atom is 0.254 e. The molecule has 2 aromatic carbocycles. The first-order valence-electron chi connectivity index (χ1n) is 6.77. The van der Waals surface area contributed by atoms with Gasteiger partial charge in [-0.2, -0.15) is 0 Å². The molecular weight excluding hydrogens is 269 g/mol. The summed E-state index contributed by atoms with van der Waals surface area (Å²) in [6.07, 6.45) is 0.663. The minimum atomic E-state index is -0.492. The van der Waals surface area contributed by atoms with E-state index in [4.69, 9.17) is 4.74 Å². The number of carbonyl (C=O) groups excluding carboxylic acids is 1. The van der Waals surface area contributed by atoms with E-state index in [-0.39, 0.29) is 5.56 Å². The molecule has 0 radical (unpaired) electrons. The molecule has 1 N–H and O–H groups in total. The van der Waals surface area contributed by atoms with Crippen LogP contribution in [0.15, 0.2) is 42.5 Å². The minimum absolute atomic E-state index is 0.0752. The van der Waals surface area contributed by atoms with Crippen LogP contribution >= 0.6 is 0 Å². The first kappa shape index (κ1) is 15.0. The molecule has 2 rings (SSSR count). The molecule has 0 heterocycles. The van der Waals surface area contributed by atoms with Crippen molar-refractivity contribution >= 4 is 5.91 Å². The molecule has 0 aliphatic carbocycles. The molecule has 0 unspecified atom stereocenters. The van der Waals surface area contributed by atoms with E-state index in [0.29, 0.717) is 13.0 Å². The Bertz CT molecular complexity index is 640. The molecule has 0 aliphatic heterocycles. The van der Waals surface area contributed by atoms with Crippen molar-refractivity contribution in [3.63, 3.8) is 0 Å². The lowest BCUT2D eigenvalue weighted by Gasteiger charge is -2.08. The molecule has 0 fully saturated rings. The maximum atomic E-state index is 13.7. The van der Waals surface area contributed by atoms with E-state index < -0.39 is 11.7 Å². The Hall–Kier alpha value is -2.36. The molecule has 0 aromatic heterocycles. The lowest BCUT2D eigenvalue weighted by atomic mass is 10.1. The van der Waals surface area contributed by atoms with Crippen LogP contribution < -0.4 is 10.1 Å². The summed E-state index contributed by atoms with van der Waals surface area (Å²) in [7, 11) is 1.61.